The summed E-state index contributed by atoms with van der Waals surface area (Å²) >= 11 is 0. The number of fused-ring (bicyclic) bond motifs is 10. The molecule has 0 atom stereocenters. The highest BCUT2D eigenvalue weighted by atomic mass is 15.0. The summed E-state index contributed by atoms with van der Waals surface area (Å²) in [5.41, 5.74) is 4.70. The van der Waals surface area contributed by atoms with Gasteiger partial charge in [-0.05, 0) is 35.0 Å². The first kappa shape index (κ1) is 16.6. The molecule has 2 aromatic heterocycles. The van der Waals surface area contributed by atoms with Gasteiger partial charge in [-0.15, -0.1) is 0 Å². The van der Waals surface area contributed by atoms with Gasteiger partial charge < -0.3 is 4.57 Å². The molecule has 0 saturated heterocycles. The standard InChI is InChI=1S/C29H18N2/c1-2-9-19(10-3-1)31-26-15-7-6-12-21(26)24-16-17-25-27(29(24)31)22-13-5-4-11-20(22)23-14-8-18-30-28(23)25/h1-18H. The van der Waals surface area contributed by atoms with Crippen LogP contribution in [0.15, 0.2) is 109 Å². The summed E-state index contributed by atoms with van der Waals surface area (Å²) in [6.07, 6.45) is 1.90. The Hall–Kier alpha value is -4.17. The Labute approximate surface area is 179 Å². The third-order valence-corrected chi connectivity index (χ3v) is 6.40. The molecule has 2 nitrogen and oxygen atoms in total. The van der Waals surface area contributed by atoms with E-state index in [1.807, 2.05) is 12.3 Å². The number of para-hydroxylation sites is 2. The summed E-state index contributed by atoms with van der Waals surface area (Å²) in [7, 11) is 0. The molecule has 0 saturated carbocycles. The molecule has 0 spiro atoms. The van der Waals surface area contributed by atoms with Crippen molar-refractivity contribution in [1.29, 1.82) is 0 Å². The predicted molar refractivity (Wildman–Crippen MR) is 131 cm³/mol. The van der Waals surface area contributed by atoms with Crippen LogP contribution < -0.4 is 0 Å². The molecule has 0 bridgehead atoms. The van der Waals surface area contributed by atoms with Gasteiger partial charge in [0.2, 0.25) is 0 Å². The molecule has 0 amide bonds. The van der Waals surface area contributed by atoms with Crippen molar-refractivity contribution in [3.63, 3.8) is 0 Å². The highest BCUT2D eigenvalue weighted by Gasteiger charge is 2.18. The third kappa shape index (κ3) is 2.19. The molecule has 0 radical (unpaired) electrons. The van der Waals surface area contributed by atoms with Crippen molar-refractivity contribution in [2.24, 2.45) is 0 Å². The van der Waals surface area contributed by atoms with Crippen LogP contribution in [-0.2, 0) is 0 Å². The molecule has 5 aromatic carbocycles. The molecule has 7 aromatic rings. The lowest BCUT2D eigenvalue weighted by Gasteiger charge is -2.13. The molecule has 2 heteroatoms. The summed E-state index contributed by atoms with van der Waals surface area (Å²) in [4.78, 5) is 4.81. The molecule has 2 heterocycles. The molecular formula is C29H18N2. The van der Waals surface area contributed by atoms with Gasteiger partial charge in [-0.3, -0.25) is 4.98 Å². The molecule has 0 aliphatic heterocycles. The number of benzene rings is 5. The van der Waals surface area contributed by atoms with Crippen LogP contribution in [0.1, 0.15) is 0 Å². The molecule has 0 aliphatic carbocycles. The highest BCUT2D eigenvalue weighted by Crippen LogP contribution is 2.42. The van der Waals surface area contributed by atoms with E-state index in [4.69, 9.17) is 4.98 Å². The maximum atomic E-state index is 4.81. The van der Waals surface area contributed by atoms with E-state index in [1.54, 1.807) is 0 Å². The van der Waals surface area contributed by atoms with E-state index in [0.717, 1.165) is 5.52 Å². The van der Waals surface area contributed by atoms with Crippen LogP contribution in [0.4, 0.5) is 0 Å². The average Bonchev–Trinajstić information content (AvgIpc) is 3.19. The fraction of sp³-hybridized carbons (Fsp3) is 0. The minimum Gasteiger partial charge on any atom is -0.309 e. The largest absolute Gasteiger partial charge is 0.309 e. The summed E-state index contributed by atoms with van der Waals surface area (Å²) < 4.78 is 2.41. The van der Waals surface area contributed by atoms with Gasteiger partial charge in [-0.1, -0.05) is 78.9 Å². The Bertz CT molecular complexity index is 1740. The van der Waals surface area contributed by atoms with Gasteiger partial charge in [0.05, 0.1) is 16.6 Å². The molecule has 0 fully saturated rings. The lowest BCUT2D eigenvalue weighted by atomic mass is 9.95. The van der Waals surface area contributed by atoms with Crippen molar-refractivity contribution < 1.29 is 0 Å². The monoisotopic (exact) mass is 394 g/mol. The van der Waals surface area contributed by atoms with Crippen LogP contribution in [0.25, 0.3) is 59.9 Å². The van der Waals surface area contributed by atoms with E-state index in [1.165, 1.54) is 54.4 Å². The average molecular weight is 394 g/mol. The van der Waals surface area contributed by atoms with Gasteiger partial charge in [0.15, 0.2) is 0 Å². The molecule has 0 aliphatic rings. The molecule has 0 unspecified atom stereocenters. The maximum absolute atomic E-state index is 4.81. The van der Waals surface area contributed by atoms with Crippen LogP contribution in [0.3, 0.4) is 0 Å². The second-order valence-electron chi connectivity index (χ2n) is 8.02. The van der Waals surface area contributed by atoms with Crippen LogP contribution in [0.5, 0.6) is 0 Å². The third-order valence-electron chi connectivity index (χ3n) is 6.40. The van der Waals surface area contributed by atoms with Gasteiger partial charge in [0.1, 0.15) is 0 Å². The first-order chi connectivity index (χ1) is 15.4. The first-order valence-corrected chi connectivity index (χ1v) is 10.6. The summed E-state index contributed by atoms with van der Waals surface area (Å²) in [5, 5.41) is 8.72. The van der Waals surface area contributed by atoms with Gasteiger partial charge in [-0.25, -0.2) is 0 Å². The van der Waals surface area contributed by atoms with E-state index < -0.39 is 0 Å². The quantitative estimate of drug-likeness (QED) is 0.262. The minimum absolute atomic E-state index is 1.06. The zero-order chi connectivity index (χ0) is 20.4. The minimum atomic E-state index is 1.06. The van der Waals surface area contributed by atoms with Gasteiger partial charge in [-0.2, -0.15) is 0 Å². The van der Waals surface area contributed by atoms with Crippen molar-refractivity contribution in [1.82, 2.24) is 9.55 Å². The van der Waals surface area contributed by atoms with Crippen LogP contribution in [0.2, 0.25) is 0 Å². The molecule has 7 rings (SSSR count). The number of pyridine rings is 1. The van der Waals surface area contributed by atoms with Gasteiger partial charge >= 0.3 is 0 Å². The van der Waals surface area contributed by atoms with E-state index in [0.29, 0.717) is 0 Å². The Morgan fingerprint density at radius 2 is 1.16 bits per heavy atom. The van der Waals surface area contributed by atoms with Crippen LogP contribution >= 0.6 is 0 Å². The number of aromatic nitrogens is 2. The Morgan fingerprint density at radius 3 is 2.03 bits per heavy atom. The normalized spacial score (nSPS) is 11.9. The number of hydrogen-bond acceptors (Lipinski definition) is 1. The molecule has 31 heavy (non-hydrogen) atoms. The maximum Gasteiger partial charge on any atom is 0.0787 e. The fourth-order valence-electron chi connectivity index (χ4n) is 5.15. The Kier molecular flexibility index (Phi) is 3.30. The van der Waals surface area contributed by atoms with Crippen molar-refractivity contribution in [2.75, 3.05) is 0 Å². The summed E-state index contributed by atoms with van der Waals surface area (Å²) in [5.74, 6) is 0. The first-order valence-electron chi connectivity index (χ1n) is 10.6. The Morgan fingerprint density at radius 1 is 0.484 bits per heavy atom. The zero-order valence-corrected chi connectivity index (χ0v) is 16.8. The second-order valence-corrected chi connectivity index (χ2v) is 8.02. The number of rotatable bonds is 1. The second kappa shape index (κ2) is 6.16. The van der Waals surface area contributed by atoms with Gasteiger partial charge in [0, 0.05) is 38.8 Å². The fourth-order valence-corrected chi connectivity index (χ4v) is 5.15. The summed E-state index contributed by atoms with van der Waals surface area (Å²) in [6, 6.07) is 36.8. The summed E-state index contributed by atoms with van der Waals surface area (Å²) in [6.45, 7) is 0. The van der Waals surface area contributed by atoms with Crippen molar-refractivity contribution in [2.45, 2.75) is 0 Å². The lowest BCUT2D eigenvalue weighted by Crippen LogP contribution is -1.95. The van der Waals surface area contributed by atoms with E-state index in [-0.39, 0.29) is 0 Å². The number of hydrogen-bond donors (Lipinski definition) is 0. The van der Waals surface area contributed by atoms with E-state index in [2.05, 4.69) is 102 Å². The lowest BCUT2D eigenvalue weighted by molar-refractivity contribution is 1.19. The smallest absolute Gasteiger partial charge is 0.0787 e. The van der Waals surface area contributed by atoms with Crippen LogP contribution in [-0.4, -0.2) is 9.55 Å². The zero-order valence-electron chi connectivity index (χ0n) is 16.8. The van der Waals surface area contributed by atoms with Gasteiger partial charge in [0.25, 0.3) is 0 Å². The molecular weight excluding hydrogens is 376 g/mol. The van der Waals surface area contributed by atoms with Crippen molar-refractivity contribution in [3.8, 4) is 5.69 Å². The molecule has 0 N–H and O–H groups in total. The molecule has 144 valence electrons. The van der Waals surface area contributed by atoms with Crippen molar-refractivity contribution in [3.05, 3.63) is 109 Å². The van der Waals surface area contributed by atoms with Crippen LogP contribution in [0, 0.1) is 0 Å². The number of nitrogens with zero attached hydrogens (tertiary/aromatic N) is 2. The van der Waals surface area contributed by atoms with E-state index >= 15 is 0 Å². The SMILES string of the molecule is c1ccc(-n2c3ccccc3c3ccc4c5ncccc5c5ccccc5c4c32)cc1. The topological polar surface area (TPSA) is 17.8 Å². The van der Waals surface area contributed by atoms with Crippen molar-refractivity contribution >= 4 is 54.3 Å². The predicted octanol–water partition coefficient (Wildman–Crippen LogP) is 7.64. The van der Waals surface area contributed by atoms with E-state index in [9.17, 15) is 0 Å². The highest BCUT2D eigenvalue weighted by molar-refractivity contribution is 6.32. The Balaban J connectivity index is 1.86.